The fraction of sp³-hybridized carbons (Fsp3) is 0.0400. The number of benzene rings is 8. The molecule has 1 aliphatic rings. The first kappa shape index (κ1) is 31.0. The number of fused-ring (bicyclic) bond motifs is 8. The van der Waals surface area contributed by atoms with Gasteiger partial charge in [-0.1, -0.05) is 109 Å². The summed E-state index contributed by atoms with van der Waals surface area (Å²) in [5.74, 6) is 0. The van der Waals surface area contributed by atoms with Gasteiger partial charge in [0.15, 0.2) is 0 Å². The molecule has 8 aromatic carbocycles. The molecule has 4 heteroatoms. The summed E-state index contributed by atoms with van der Waals surface area (Å²) in [6.07, 6.45) is 0. The lowest BCUT2D eigenvalue weighted by molar-refractivity contribution is 1.16. The zero-order valence-electron chi connectivity index (χ0n) is 30.0. The van der Waals surface area contributed by atoms with Crippen LogP contribution in [0, 0.1) is 13.8 Å². The van der Waals surface area contributed by atoms with Crippen LogP contribution in [-0.2, 0) is 0 Å². The van der Waals surface area contributed by atoms with E-state index in [1.165, 1.54) is 69.9 Å². The largest absolute Gasteiger partial charge is 0.308 e. The van der Waals surface area contributed by atoms with E-state index >= 15 is 0 Å². The molecule has 54 heavy (non-hydrogen) atoms. The Morgan fingerprint density at radius 1 is 0.370 bits per heavy atom. The van der Waals surface area contributed by atoms with Crippen LogP contribution in [0.4, 0.5) is 34.1 Å². The number of aryl methyl sites for hydroxylation is 2. The molecule has 0 aliphatic carbocycles. The molecule has 3 heterocycles. The summed E-state index contributed by atoms with van der Waals surface area (Å²) in [4.78, 5) is 4.95. The number of hydrogen-bond donors (Lipinski definition) is 0. The first-order chi connectivity index (χ1) is 26.6. The van der Waals surface area contributed by atoms with Crippen LogP contribution in [0.2, 0.25) is 0 Å². The predicted molar refractivity (Wildman–Crippen MR) is 232 cm³/mol. The molecule has 0 atom stereocenters. The molecule has 0 amide bonds. The molecule has 0 radical (unpaired) electrons. The summed E-state index contributed by atoms with van der Waals surface area (Å²) in [6, 6.07) is 64.6. The van der Waals surface area contributed by atoms with E-state index in [4.69, 9.17) is 0 Å². The molecule has 3 nitrogen and oxygen atoms in total. The van der Waals surface area contributed by atoms with Gasteiger partial charge in [0.05, 0.1) is 44.2 Å². The second-order valence-corrected chi connectivity index (χ2v) is 15.3. The number of anilines is 6. The Hall–Kier alpha value is -6.62. The maximum absolute atomic E-state index is 2.50. The topological polar surface area (TPSA) is 11.4 Å². The third-order valence-electron chi connectivity index (χ3n) is 11.1. The van der Waals surface area contributed by atoms with Gasteiger partial charge in [0.2, 0.25) is 0 Å². The summed E-state index contributed by atoms with van der Waals surface area (Å²) in [7, 11) is 0. The van der Waals surface area contributed by atoms with Crippen LogP contribution >= 0.6 is 11.3 Å². The van der Waals surface area contributed by atoms with Crippen molar-refractivity contribution in [2.45, 2.75) is 13.8 Å². The number of rotatable bonds is 4. The number of hydrogen-bond acceptors (Lipinski definition) is 3. The van der Waals surface area contributed by atoms with Gasteiger partial charge in [0.1, 0.15) is 0 Å². The van der Waals surface area contributed by atoms with Gasteiger partial charge in [-0.05, 0) is 103 Å². The second kappa shape index (κ2) is 12.0. The maximum atomic E-state index is 2.50. The van der Waals surface area contributed by atoms with Gasteiger partial charge >= 0.3 is 0 Å². The van der Waals surface area contributed by atoms with Gasteiger partial charge in [-0.25, -0.2) is 0 Å². The quantitative estimate of drug-likeness (QED) is 0.180. The lowest BCUT2D eigenvalue weighted by atomic mass is 9.93. The smallest absolute Gasteiger partial charge is 0.0724 e. The van der Waals surface area contributed by atoms with Gasteiger partial charge in [-0.3, -0.25) is 0 Å². The zero-order valence-corrected chi connectivity index (χ0v) is 30.8. The fourth-order valence-corrected chi connectivity index (χ4v) is 9.90. The minimum Gasteiger partial charge on any atom is -0.308 e. The van der Waals surface area contributed by atoms with E-state index in [2.05, 4.69) is 204 Å². The lowest BCUT2D eigenvalue weighted by Crippen LogP contribution is -2.24. The van der Waals surface area contributed by atoms with E-state index in [0.29, 0.717) is 0 Å². The Labute approximate surface area is 318 Å². The van der Waals surface area contributed by atoms with Crippen molar-refractivity contribution in [1.29, 1.82) is 0 Å². The van der Waals surface area contributed by atoms with E-state index in [0.717, 1.165) is 34.1 Å². The Morgan fingerprint density at radius 2 is 0.963 bits per heavy atom. The molecule has 10 aromatic rings. The van der Waals surface area contributed by atoms with Crippen molar-refractivity contribution < 1.29 is 0 Å². The van der Waals surface area contributed by atoms with Crippen molar-refractivity contribution in [2.75, 3.05) is 9.80 Å². The van der Waals surface area contributed by atoms with Crippen molar-refractivity contribution >= 4 is 87.4 Å². The van der Waals surface area contributed by atoms with Crippen molar-refractivity contribution in [1.82, 2.24) is 4.57 Å². The van der Waals surface area contributed by atoms with Gasteiger partial charge in [-0.2, -0.15) is 0 Å². The highest BCUT2D eigenvalue weighted by molar-refractivity contribution is 7.26. The van der Waals surface area contributed by atoms with Crippen molar-refractivity contribution in [3.63, 3.8) is 0 Å². The van der Waals surface area contributed by atoms with Crippen LogP contribution in [-0.4, -0.2) is 4.57 Å². The van der Waals surface area contributed by atoms with Gasteiger partial charge in [0, 0.05) is 37.6 Å². The molecule has 256 valence electrons. The van der Waals surface area contributed by atoms with Gasteiger partial charge in [0.25, 0.3) is 0 Å². The van der Waals surface area contributed by atoms with Crippen LogP contribution in [0.5, 0.6) is 0 Å². The van der Waals surface area contributed by atoms with Crippen molar-refractivity contribution in [3.05, 3.63) is 187 Å². The standard InChI is InChI=1S/C50H35N3S/c1-32-16-9-10-21-36(32)40-29-46-45(28-33(40)2)51(34-17-5-3-6-18-34)47-30-41-37-22-11-13-25-42(37)53(44(41)31-48(47)52(46)35-19-7-4-8-20-35)43-26-15-24-39-38-23-12-14-27-49(38)54-50(39)43/h3-31H,1-2H3. The molecular weight excluding hydrogens is 675 g/mol. The highest BCUT2D eigenvalue weighted by atomic mass is 32.1. The highest BCUT2D eigenvalue weighted by Gasteiger charge is 2.33. The Morgan fingerprint density at radius 3 is 1.72 bits per heavy atom. The number of para-hydroxylation sites is 3. The highest BCUT2D eigenvalue weighted by Crippen LogP contribution is 2.57. The van der Waals surface area contributed by atoms with Gasteiger partial charge < -0.3 is 14.4 Å². The molecule has 11 rings (SSSR count). The SMILES string of the molecule is Cc1ccccc1-c1cc2c(cc1C)N(c1ccccc1)c1cc3c4ccccc4n(-c4cccc5c4sc4ccccc45)c3cc1N2c1ccccc1. The Kier molecular flexibility index (Phi) is 6.85. The third kappa shape index (κ3) is 4.54. The predicted octanol–water partition coefficient (Wildman–Crippen LogP) is 14.7. The maximum Gasteiger partial charge on any atom is 0.0724 e. The van der Waals surface area contributed by atoms with Crippen LogP contribution in [0.15, 0.2) is 176 Å². The number of aromatic nitrogens is 1. The van der Waals surface area contributed by atoms with Crippen LogP contribution in [0.1, 0.15) is 11.1 Å². The first-order valence-corrected chi connectivity index (χ1v) is 19.3. The minimum absolute atomic E-state index is 1.13. The molecule has 0 fully saturated rings. The summed E-state index contributed by atoms with van der Waals surface area (Å²) in [6.45, 7) is 4.46. The average molecular weight is 710 g/mol. The summed E-state index contributed by atoms with van der Waals surface area (Å²) >= 11 is 1.88. The van der Waals surface area contributed by atoms with Crippen LogP contribution in [0.3, 0.4) is 0 Å². The molecule has 0 bridgehead atoms. The van der Waals surface area contributed by atoms with Crippen molar-refractivity contribution in [3.8, 4) is 16.8 Å². The second-order valence-electron chi connectivity index (χ2n) is 14.3. The molecular formula is C50H35N3S. The van der Waals surface area contributed by atoms with E-state index in [1.807, 2.05) is 11.3 Å². The molecule has 0 spiro atoms. The van der Waals surface area contributed by atoms with E-state index < -0.39 is 0 Å². The Balaban J connectivity index is 1.27. The monoisotopic (exact) mass is 709 g/mol. The lowest BCUT2D eigenvalue weighted by Gasteiger charge is -2.41. The molecule has 0 unspecified atom stereocenters. The van der Waals surface area contributed by atoms with Crippen molar-refractivity contribution in [2.24, 2.45) is 0 Å². The van der Waals surface area contributed by atoms with E-state index in [-0.39, 0.29) is 0 Å². The number of nitrogens with zero attached hydrogens (tertiary/aromatic N) is 3. The van der Waals surface area contributed by atoms with E-state index in [1.54, 1.807) is 0 Å². The third-order valence-corrected chi connectivity index (χ3v) is 12.4. The molecule has 0 saturated heterocycles. The molecule has 0 saturated carbocycles. The van der Waals surface area contributed by atoms with Crippen LogP contribution < -0.4 is 9.80 Å². The summed E-state index contributed by atoms with van der Waals surface area (Å²) in [5, 5.41) is 5.08. The van der Waals surface area contributed by atoms with Gasteiger partial charge in [-0.15, -0.1) is 11.3 Å². The number of thiophene rings is 1. The van der Waals surface area contributed by atoms with Crippen LogP contribution in [0.25, 0.3) is 58.8 Å². The summed E-state index contributed by atoms with van der Waals surface area (Å²) in [5.41, 5.74) is 15.5. The molecule has 0 N–H and O–H groups in total. The average Bonchev–Trinajstić information content (AvgIpc) is 3.75. The fourth-order valence-electron chi connectivity index (χ4n) is 8.69. The molecule has 2 aromatic heterocycles. The Bertz CT molecular complexity index is 3080. The van der Waals surface area contributed by atoms with E-state index in [9.17, 15) is 0 Å². The molecule has 1 aliphatic heterocycles. The first-order valence-electron chi connectivity index (χ1n) is 18.5. The summed E-state index contributed by atoms with van der Waals surface area (Å²) < 4.78 is 5.11. The minimum atomic E-state index is 1.13. The zero-order chi connectivity index (χ0) is 35.9. The normalized spacial score (nSPS) is 12.6.